The topological polar surface area (TPSA) is 88.0 Å². The third-order valence-corrected chi connectivity index (χ3v) is 1.98. The molecule has 0 radical (unpaired) electrons. The van der Waals surface area contributed by atoms with Gasteiger partial charge in [0.1, 0.15) is 6.10 Å². The first-order valence-corrected chi connectivity index (χ1v) is 4.37. The highest BCUT2D eigenvalue weighted by atomic mass is 16.7. The molecule has 1 saturated heterocycles. The van der Waals surface area contributed by atoms with Crippen LogP contribution in [0.4, 0.5) is 4.79 Å². The molecule has 0 spiro atoms. The van der Waals surface area contributed by atoms with Crippen LogP contribution in [-0.4, -0.2) is 47.5 Å². The van der Waals surface area contributed by atoms with Gasteiger partial charge in [-0.05, 0) is 13.8 Å². The van der Waals surface area contributed by atoms with Crippen molar-refractivity contribution < 1.29 is 24.5 Å². The van der Waals surface area contributed by atoms with E-state index in [9.17, 15) is 4.79 Å². The molecule has 6 heteroatoms. The lowest BCUT2D eigenvalue weighted by atomic mass is 10.2. The van der Waals surface area contributed by atoms with E-state index in [-0.39, 0.29) is 13.2 Å². The molecule has 2 atom stereocenters. The number of amides is 1. The van der Waals surface area contributed by atoms with Crippen LogP contribution in [0.1, 0.15) is 13.8 Å². The minimum absolute atomic E-state index is 0.276. The first-order valence-electron chi connectivity index (χ1n) is 4.37. The summed E-state index contributed by atoms with van der Waals surface area (Å²) in [6.45, 7) is 3.44. The molecular formula is C8H15NO5. The molecule has 1 aliphatic heterocycles. The summed E-state index contributed by atoms with van der Waals surface area (Å²) in [4.78, 5) is 10.4. The molecule has 0 aliphatic carbocycles. The SMILES string of the molecule is CC1(C)OC[C@H]([C@@H](CO)NC(=O)O)O1. The molecule has 0 saturated carbocycles. The van der Waals surface area contributed by atoms with E-state index in [1.807, 2.05) is 0 Å². The van der Waals surface area contributed by atoms with E-state index in [0.717, 1.165) is 0 Å². The van der Waals surface area contributed by atoms with Gasteiger partial charge in [-0.3, -0.25) is 0 Å². The third kappa shape index (κ3) is 2.83. The normalized spacial score (nSPS) is 27.2. The summed E-state index contributed by atoms with van der Waals surface area (Å²) in [5, 5.41) is 19.6. The van der Waals surface area contributed by atoms with Crippen LogP contribution >= 0.6 is 0 Å². The number of rotatable bonds is 3. The second-order valence-electron chi connectivity index (χ2n) is 3.61. The zero-order chi connectivity index (χ0) is 10.8. The van der Waals surface area contributed by atoms with Crippen molar-refractivity contribution in [1.82, 2.24) is 5.32 Å². The van der Waals surface area contributed by atoms with Gasteiger partial charge in [-0.2, -0.15) is 0 Å². The summed E-state index contributed by atoms with van der Waals surface area (Å²) in [6.07, 6.45) is -1.62. The molecule has 14 heavy (non-hydrogen) atoms. The Labute approximate surface area is 81.8 Å². The summed E-state index contributed by atoms with van der Waals surface area (Å²) in [6, 6.07) is -0.644. The molecule has 82 valence electrons. The van der Waals surface area contributed by atoms with Crippen molar-refractivity contribution in [2.24, 2.45) is 0 Å². The number of aliphatic hydroxyl groups is 1. The number of ether oxygens (including phenoxy) is 2. The minimum Gasteiger partial charge on any atom is -0.465 e. The lowest BCUT2D eigenvalue weighted by Gasteiger charge is -2.22. The van der Waals surface area contributed by atoms with Gasteiger partial charge in [0.15, 0.2) is 5.79 Å². The lowest BCUT2D eigenvalue weighted by molar-refractivity contribution is -0.142. The van der Waals surface area contributed by atoms with Crippen LogP contribution in [0.15, 0.2) is 0 Å². The van der Waals surface area contributed by atoms with Gasteiger partial charge in [0.2, 0.25) is 0 Å². The first kappa shape index (κ1) is 11.2. The quantitative estimate of drug-likeness (QED) is 0.592. The standard InChI is InChI=1S/C8H15NO5/c1-8(2)13-4-6(14-8)5(3-10)9-7(11)12/h5-6,9-10H,3-4H2,1-2H3,(H,11,12)/t5-,6-/m1/s1. The van der Waals surface area contributed by atoms with Gasteiger partial charge in [-0.1, -0.05) is 0 Å². The Morgan fingerprint density at radius 2 is 2.36 bits per heavy atom. The molecule has 1 fully saturated rings. The average Bonchev–Trinajstić information content (AvgIpc) is 2.41. The van der Waals surface area contributed by atoms with Crippen LogP contribution in [0.25, 0.3) is 0 Å². The molecule has 1 rings (SSSR count). The number of aliphatic hydroxyl groups excluding tert-OH is 1. The van der Waals surface area contributed by atoms with Gasteiger partial charge in [0, 0.05) is 0 Å². The second-order valence-corrected chi connectivity index (χ2v) is 3.61. The molecule has 1 aliphatic rings. The van der Waals surface area contributed by atoms with Crippen molar-refractivity contribution in [1.29, 1.82) is 0 Å². The maximum atomic E-state index is 10.4. The predicted octanol–water partition coefficient (Wildman–Crippen LogP) is -0.234. The highest BCUT2D eigenvalue weighted by Crippen LogP contribution is 2.23. The molecule has 0 unspecified atom stereocenters. The van der Waals surface area contributed by atoms with Crippen molar-refractivity contribution in [3.63, 3.8) is 0 Å². The number of carbonyl (C=O) groups is 1. The van der Waals surface area contributed by atoms with Crippen LogP contribution in [0.2, 0.25) is 0 Å². The summed E-state index contributed by atoms with van der Waals surface area (Å²) < 4.78 is 10.6. The zero-order valence-corrected chi connectivity index (χ0v) is 8.19. The summed E-state index contributed by atoms with van der Waals surface area (Å²) in [7, 11) is 0. The minimum atomic E-state index is -1.18. The maximum Gasteiger partial charge on any atom is 0.405 e. The molecule has 1 heterocycles. The Hall–Kier alpha value is -0.850. The molecule has 0 aromatic carbocycles. The van der Waals surface area contributed by atoms with Gasteiger partial charge in [0.05, 0.1) is 19.3 Å². The third-order valence-electron chi connectivity index (χ3n) is 1.98. The van der Waals surface area contributed by atoms with Crippen LogP contribution in [0.5, 0.6) is 0 Å². The van der Waals surface area contributed by atoms with Crippen LogP contribution in [0.3, 0.4) is 0 Å². The van der Waals surface area contributed by atoms with Crippen molar-refractivity contribution in [3.8, 4) is 0 Å². The molecule has 0 aromatic rings. The smallest absolute Gasteiger partial charge is 0.405 e. The second kappa shape index (κ2) is 4.12. The van der Waals surface area contributed by atoms with Crippen molar-refractivity contribution in [3.05, 3.63) is 0 Å². The van der Waals surface area contributed by atoms with E-state index >= 15 is 0 Å². The van der Waals surface area contributed by atoms with Crippen molar-refractivity contribution in [2.45, 2.75) is 31.8 Å². The molecule has 3 N–H and O–H groups in total. The van der Waals surface area contributed by atoms with Gasteiger partial charge in [0.25, 0.3) is 0 Å². The molecule has 0 aromatic heterocycles. The fourth-order valence-electron chi connectivity index (χ4n) is 1.33. The Balaban J connectivity index is 2.50. The van der Waals surface area contributed by atoms with Gasteiger partial charge < -0.3 is 25.0 Å². The summed E-state index contributed by atoms with van der Waals surface area (Å²) in [5.74, 6) is -0.710. The number of nitrogens with one attached hydrogen (secondary N) is 1. The maximum absolute atomic E-state index is 10.4. The van der Waals surface area contributed by atoms with E-state index in [1.54, 1.807) is 13.8 Å². The van der Waals surface area contributed by atoms with Crippen molar-refractivity contribution in [2.75, 3.05) is 13.2 Å². The molecule has 6 nitrogen and oxygen atoms in total. The Bertz CT molecular complexity index is 218. The van der Waals surface area contributed by atoms with E-state index < -0.39 is 24.0 Å². The van der Waals surface area contributed by atoms with Crippen LogP contribution in [-0.2, 0) is 9.47 Å². The van der Waals surface area contributed by atoms with E-state index in [4.69, 9.17) is 19.7 Å². The average molecular weight is 205 g/mol. The van der Waals surface area contributed by atoms with E-state index in [2.05, 4.69) is 5.32 Å². The summed E-state index contributed by atoms with van der Waals surface area (Å²) in [5.41, 5.74) is 0. The Morgan fingerprint density at radius 1 is 1.71 bits per heavy atom. The number of hydrogen-bond donors (Lipinski definition) is 3. The Morgan fingerprint density at radius 3 is 2.71 bits per heavy atom. The molecule has 0 bridgehead atoms. The fourth-order valence-corrected chi connectivity index (χ4v) is 1.33. The van der Waals surface area contributed by atoms with E-state index in [0.29, 0.717) is 0 Å². The largest absolute Gasteiger partial charge is 0.465 e. The van der Waals surface area contributed by atoms with E-state index in [1.165, 1.54) is 0 Å². The number of hydrogen-bond acceptors (Lipinski definition) is 4. The lowest BCUT2D eigenvalue weighted by Crippen LogP contribution is -2.46. The Kier molecular flexibility index (Phi) is 3.30. The van der Waals surface area contributed by atoms with Gasteiger partial charge >= 0.3 is 6.09 Å². The van der Waals surface area contributed by atoms with Crippen molar-refractivity contribution >= 4 is 6.09 Å². The van der Waals surface area contributed by atoms with Crippen LogP contribution < -0.4 is 5.32 Å². The zero-order valence-electron chi connectivity index (χ0n) is 8.19. The summed E-state index contributed by atoms with van der Waals surface area (Å²) >= 11 is 0. The molecule has 1 amide bonds. The first-order chi connectivity index (χ1) is 6.44. The molecular weight excluding hydrogens is 190 g/mol. The monoisotopic (exact) mass is 205 g/mol. The fraction of sp³-hybridized carbons (Fsp3) is 0.875. The highest BCUT2D eigenvalue weighted by molar-refractivity contribution is 5.64. The number of carboxylic acid groups (broad SMARTS) is 1. The van der Waals surface area contributed by atoms with Crippen LogP contribution in [0, 0.1) is 0 Å². The van der Waals surface area contributed by atoms with Gasteiger partial charge in [-0.15, -0.1) is 0 Å². The predicted molar refractivity (Wildman–Crippen MR) is 46.9 cm³/mol. The van der Waals surface area contributed by atoms with Gasteiger partial charge in [-0.25, -0.2) is 4.79 Å². The highest BCUT2D eigenvalue weighted by Gasteiger charge is 2.37.